The molecule has 0 radical (unpaired) electrons. The van der Waals surface area contributed by atoms with E-state index in [1.165, 1.54) is 19.3 Å². The average molecular weight is 198 g/mol. The van der Waals surface area contributed by atoms with Gasteiger partial charge in [0.2, 0.25) is 0 Å². The third kappa shape index (κ3) is 2.96. The number of hydrogen-bond donors (Lipinski definition) is 1. The van der Waals surface area contributed by atoms with Gasteiger partial charge in [0, 0.05) is 24.2 Å². The van der Waals surface area contributed by atoms with Crippen molar-refractivity contribution in [3.63, 3.8) is 0 Å². The first-order valence-corrected chi connectivity index (χ1v) is 5.91. The Kier molecular flexibility index (Phi) is 3.96. The standard InChI is InChI=1S/C12H26N2/c1-10-7-6-8-11(2)14(10)9-12(3,4)13-5/h10-11,13H,6-9H2,1-5H3. The van der Waals surface area contributed by atoms with Crippen LogP contribution in [0.25, 0.3) is 0 Å². The van der Waals surface area contributed by atoms with Gasteiger partial charge in [-0.05, 0) is 47.6 Å². The summed E-state index contributed by atoms with van der Waals surface area (Å²) in [5.74, 6) is 0. The van der Waals surface area contributed by atoms with Gasteiger partial charge in [-0.3, -0.25) is 4.90 Å². The Morgan fingerprint density at radius 1 is 1.21 bits per heavy atom. The van der Waals surface area contributed by atoms with E-state index < -0.39 is 0 Å². The second-order valence-corrected chi connectivity index (χ2v) is 5.44. The van der Waals surface area contributed by atoms with Gasteiger partial charge < -0.3 is 5.32 Å². The zero-order valence-corrected chi connectivity index (χ0v) is 10.4. The molecule has 1 fully saturated rings. The molecule has 0 aromatic rings. The summed E-state index contributed by atoms with van der Waals surface area (Å²) in [4.78, 5) is 2.65. The lowest BCUT2D eigenvalue weighted by atomic mass is 9.94. The SMILES string of the molecule is CNC(C)(C)CN1C(C)CCCC1C. The zero-order chi connectivity index (χ0) is 10.8. The first-order chi connectivity index (χ1) is 6.46. The zero-order valence-electron chi connectivity index (χ0n) is 10.4. The highest BCUT2D eigenvalue weighted by molar-refractivity contribution is 4.87. The van der Waals surface area contributed by atoms with E-state index in [2.05, 4.69) is 45.0 Å². The molecule has 0 bridgehead atoms. The molecule has 1 aliphatic rings. The van der Waals surface area contributed by atoms with E-state index >= 15 is 0 Å². The van der Waals surface area contributed by atoms with Crippen LogP contribution >= 0.6 is 0 Å². The summed E-state index contributed by atoms with van der Waals surface area (Å²) >= 11 is 0. The summed E-state index contributed by atoms with van der Waals surface area (Å²) in [5, 5.41) is 3.39. The van der Waals surface area contributed by atoms with Gasteiger partial charge in [-0.15, -0.1) is 0 Å². The van der Waals surface area contributed by atoms with Crippen LogP contribution in [-0.4, -0.2) is 36.1 Å². The van der Waals surface area contributed by atoms with Crippen molar-refractivity contribution in [1.82, 2.24) is 10.2 Å². The number of rotatable bonds is 3. The normalized spacial score (nSPS) is 30.6. The van der Waals surface area contributed by atoms with E-state index in [1.807, 2.05) is 0 Å². The Bertz CT molecular complexity index is 167. The van der Waals surface area contributed by atoms with Crippen LogP contribution in [0.15, 0.2) is 0 Å². The molecule has 14 heavy (non-hydrogen) atoms. The molecule has 2 unspecified atom stereocenters. The maximum atomic E-state index is 3.39. The summed E-state index contributed by atoms with van der Waals surface area (Å²) in [7, 11) is 2.05. The lowest BCUT2D eigenvalue weighted by molar-refractivity contribution is 0.0756. The number of nitrogens with zero attached hydrogens (tertiary/aromatic N) is 1. The molecule has 0 aromatic heterocycles. The van der Waals surface area contributed by atoms with Crippen molar-refractivity contribution in [3.05, 3.63) is 0 Å². The molecule has 0 spiro atoms. The van der Waals surface area contributed by atoms with Crippen LogP contribution in [0.4, 0.5) is 0 Å². The van der Waals surface area contributed by atoms with E-state index in [4.69, 9.17) is 0 Å². The second-order valence-electron chi connectivity index (χ2n) is 5.44. The summed E-state index contributed by atoms with van der Waals surface area (Å²) in [6, 6.07) is 1.51. The van der Waals surface area contributed by atoms with E-state index in [1.54, 1.807) is 0 Å². The molecular formula is C12H26N2. The second kappa shape index (κ2) is 4.63. The van der Waals surface area contributed by atoms with Crippen molar-refractivity contribution in [1.29, 1.82) is 0 Å². The maximum absolute atomic E-state index is 3.39. The number of nitrogens with one attached hydrogen (secondary N) is 1. The fraction of sp³-hybridized carbons (Fsp3) is 1.00. The fourth-order valence-electron chi connectivity index (χ4n) is 2.32. The van der Waals surface area contributed by atoms with Crippen LogP contribution in [0.2, 0.25) is 0 Å². The van der Waals surface area contributed by atoms with E-state index in [0.717, 1.165) is 18.6 Å². The predicted octanol–water partition coefficient (Wildman–Crippen LogP) is 2.25. The Morgan fingerprint density at radius 3 is 2.14 bits per heavy atom. The van der Waals surface area contributed by atoms with Crippen molar-refractivity contribution in [2.75, 3.05) is 13.6 Å². The average Bonchev–Trinajstić information content (AvgIpc) is 2.12. The highest BCUT2D eigenvalue weighted by atomic mass is 15.2. The molecule has 2 nitrogen and oxygen atoms in total. The smallest absolute Gasteiger partial charge is 0.0249 e. The molecule has 1 N–H and O–H groups in total. The predicted molar refractivity (Wildman–Crippen MR) is 62.6 cm³/mol. The molecule has 1 heterocycles. The fourth-order valence-corrected chi connectivity index (χ4v) is 2.32. The molecule has 1 saturated heterocycles. The van der Waals surface area contributed by atoms with Crippen LogP contribution in [0.1, 0.15) is 47.0 Å². The van der Waals surface area contributed by atoms with Crippen molar-refractivity contribution in [2.45, 2.75) is 64.6 Å². The molecule has 1 rings (SSSR count). The highest BCUT2D eigenvalue weighted by Gasteiger charge is 2.29. The number of piperidine rings is 1. The van der Waals surface area contributed by atoms with Gasteiger partial charge in [-0.25, -0.2) is 0 Å². The number of likely N-dealkylation sites (N-methyl/N-ethyl adjacent to an activating group) is 1. The van der Waals surface area contributed by atoms with Gasteiger partial charge in [-0.2, -0.15) is 0 Å². The molecule has 0 aliphatic carbocycles. The third-order valence-corrected chi connectivity index (χ3v) is 3.63. The summed E-state index contributed by atoms with van der Waals surface area (Å²) in [6.07, 6.45) is 4.13. The molecular weight excluding hydrogens is 172 g/mol. The Balaban J connectivity index is 2.56. The quantitative estimate of drug-likeness (QED) is 0.748. The van der Waals surface area contributed by atoms with E-state index in [-0.39, 0.29) is 5.54 Å². The van der Waals surface area contributed by atoms with Crippen molar-refractivity contribution in [3.8, 4) is 0 Å². The summed E-state index contributed by atoms with van der Waals surface area (Å²) in [5.41, 5.74) is 0.236. The van der Waals surface area contributed by atoms with Gasteiger partial charge in [0.05, 0.1) is 0 Å². The minimum Gasteiger partial charge on any atom is -0.314 e. The number of likely N-dealkylation sites (tertiary alicyclic amines) is 1. The molecule has 2 atom stereocenters. The van der Waals surface area contributed by atoms with E-state index in [0.29, 0.717) is 0 Å². The molecule has 0 saturated carbocycles. The molecule has 84 valence electrons. The van der Waals surface area contributed by atoms with Crippen LogP contribution in [0.5, 0.6) is 0 Å². The molecule has 0 amide bonds. The van der Waals surface area contributed by atoms with Crippen molar-refractivity contribution >= 4 is 0 Å². The van der Waals surface area contributed by atoms with Crippen molar-refractivity contribution < 1.29 is 0 Å². The van der Waals surface area contributed by atoms with Gasteiger partial charge >= 0.3 is 0 Å². The van der Waals surface area contributed by atoms with Crippen LogP contribution in [-0.2, 0) is 0 Å². The third-order valence-electron chi connectivity index (χ3n) is 3.63. The van der Waals surface area contributed by atoms with Crippen molar-refractivity contribution in [2.24, 2.45) is 0 Å². The molecule has 0 aromatic carbocycles. The summed E-state index contributed by atoms with van der Waals surface area (Å²) in [6.45, 7) is 10.4. The minimum atomic E-state index is 0.236. The lowest BCUT2D eigenvalue weighted by Crippen LogP contribution is -2.54. The first-order valence-electron chi connectivity index (χ1n) is 5.91. The van der Waals surface area contributed by atoms with E-state index in [9.17, 15) is 0 Å². The molecule has 2 heteroatoms. The summed E-state index contributed by atoms with van der Waals surface area (Å²) < 4.78 is 0. The Hall–Kier alpha value is -0.0800. The lowest BCUT2D eigenvalue weighted by Gasteiger charge is -2.43. The monoisotopic (exact) mass is 198 g/mol. The minimum absolute atomic E-state index is 0.236. The number of hydrogen-bond acceptors (Lipinski definition) is 2. The van der Waals surface area contributed by atoms with Crippen LogP contribution < -0.4 is 5.32 Å². The Labute approximate surface area is 89.1 Å². The molecule has 1 aliphatic heterocycles. The van der Waals surface area contributed by atoms with Crippen LogP contribution in [0.3, 0.4) is 0 Å². The van der Waals surface area contributed by atoms with Crippen LogP contribution in [0, 0.1) is 0 Å². The van der Waals surface area contributed by atoms with Gasteiger partial charge in [0.1, 0.15) is 0 Å². The first kappa shape index (κ1) is 12.0. The largest absolute Gasteiger partial charge is 0.314 e. The van der Waals surface area contributed by atoms with Gasteiger partial charge in [0.25, 0.3) is 0 Å². The maximum Gasteiger partial charge on any atom is 0.0249 e. The van der Waals surface area contributed by atoms with Gasteiger partial charge in [0.15, 0.2) is 0 Å². The highest BCUT2D eigenvalue weighted by Crippen LogP contribution is 2.24. The van der Waals surface area contributed by atoms with Gasteiger partial charge in [-0.1, -0.05) is 6.42 Å². The topological polar surface area (TPSA) is 15.3 Å². The Morgan fingerprint density at radius 2 is 1.71 bits per heavy atom.